The second-order valence-corrected chi connectivity index (χ2v) is 7.06. The molecule has 3 fully saturated rings. The lowest BCUT2D eigenvalue weighted by Crippen LogP contribution is -2.66. The number of benzene rings is 1. The van der Waals surface area contributed by atoms with Crippen LogP contribution >= 0.6 is 0 Å². The van der Waals surface area contributed by atoms with Gasteiger partial charge in [-0.25, -0.2) is 10.4 Å². The number of amides is 2. The molecule has 2 heterocycles. The number of likely N-dealkylation sites (N-methyl/N-ethyl adjacent to an activating group) is 1. The summed E-state index contributed by atoms with van der Waals surface area (Å²) >= 11 is 0. The number of nitrogens with zero attached hydrogens (tertiary/aromatic N) is 2. The van der Waals surface area contributed by atoms with Crippen molar-refractivity contribution in [2.45, 2.75) is 56.3 Å². The maximum Gasteiger partial charge on any atom is 0.242 e. The molecule has 1 aromatic carbocycles. The molecule has 4 rings (SSSR count). The minimum absolute atomic E-state index is 0.0709. The van der Waals surface area contributed by atoms with E-state index < -0.39 is 0 Å². The van der Waals surface area contributed by atoms with Crippen molar-refractivity contribution in [2.75, 3.05) is 12.4 Å². The van der Waals surface area contributed by atoms with E-state index in [4.69, 9.17) is 0 Å². The smallest absolute Gasteiger partial charge is 0.242 e. The van der Waals surface area contributed by atoms with Crippen molar-refractivity contribution in [3.05, 3.63) is 30.3 Å². The van der Waals surface area contributed by atoms with E-state index in [1.165, 1.54) is 12.8 Å². The van der Waals surface area contributed by atoms with E-state index in [0.29, 0.717) is 12.5 Å². The van der Waals surface area contributed by atoms with Gasteiger partial charge in [0.2, 0.25) is 11.8 Å². The first-order chi connectivity index (χ1) is 11.6. The molecule has 1 saturated carbocycles. The highest BCUT2D eigenvalue weighted by Crippen LogP contribution is 2.35. The molecule has 0 aromatic heterocycles. The Hall–Kier alpha value is -1.92. The van der Waals surface area contributed by atoms with E-state index in [0.717, 1.165) is 18.5 Å². The van der Waals surface area contributed by atoms with Crippen LogP contribution in [0.4, 0.5) is 5.69 Å². The topological polar surface area (TPSA) is 64.7 Å². The Labute approximate surface area is 142 Å². The summed E-state index contributed by atoms with van der Waals surface area (Å²) < 4.78 is 0. The van der Waals surface area contributed by atoms with E-state index in [2.05, 4.69) is 15.8 Å². The first-order valence-corrected chi connectivity index (χ1v) is 8.82. The molecule has 4 atom stereocenters. The van der Waals surface area contributed by atoms with Gasteiger partial charge in [0.05, 0.1) is 0 Å². The van der Waals surface area contributed by atoms with Crippen molar-refractivity contribution >= 4 is 17.5 Å². The van der Waals surface area contributed by atoms with Gasteiger partial charge in [-0.2, -0.15) is 0 Å². The van der Waals surface area contributed by atoms with E-state index >= 15 is 0 Å². The summed E-state index contributed by atoms with van der Waals surface area (Å²) in [6, 6.07) is 9.47. The molecule has 4 unspecified atom stereocenters. The van der Waals surface area contributed by atoms with Crippen molar-refractivity contribution in [3.8, 4) is 0 Å². The first-order valence-electron chi connectivity index (χ1n) is 8.82. The maximum absolute atomic E-state index is 12.7. The number of anilines is 1. The van der Waals surface area contributed by atoms with Crippen LogP contribution in [-0.4, -0.2) is 52.9 Å². The Bertz CT molecular complexity index is 635. The summed E-state index contributed by atoms with van der Waals surface area (Å²) in [6.45, 7) is 0. The lowest BCUT2D eigenvalue weighted by molar-refractivity contribution is -0.150. The average Bonchev–Trinajstić information content (AvgIpc) is 3.06. The van der Waals surface area contributed by atoms with Crippen LogP contribution in [0.25, 0.3) is 0 Å². The van der Waals surface area contributed by atoms with Crippen LogP contribution in [-0.2, 0) is 9.59 Å². The second-order valence-electron chi connectivity index (χ2n) is 7.06. The Morgan fingerprint density at radius 2 is 1.88 bits per heavy atom. The number of piperazine rings is 1. The van der Waals surface area contributed by atoms with Gasteiger partial charge >= 0.3 is 0 Å². The molecular formula is C18H24N4O2. The summed E-state index contributed by atoms with van der Waals surface area (Å²) in [4.78, 5) is 27.2. The molecule has 2 amide bonds. The van der Waals surface area contributed by atoms with Crippen molar-refractivity contribution in [3.63, 3.8) is 0 Å². The van der Waals surface area contributed by atoms with Gasteiger partial charge in [0, 0.05) is 24.8 Å². The second kappa shape index (κ2) is 6.18. The highest BCUT2D eigenvalue weighted by atomic mass is 16.2. The molecule has 3 aliphatic rings. The third-order valence-corrected chi connectivity index (χ3v) is 5.64. The Morgan fingerprint density at radius 1 is 1.17 bits per heavy atom. The van der Waals surface area contributed by atoms with Crippen molar-refractivity contribution in [1.82, 2.24) is 15.3 Å². The predicted octanol–water partition coefficient (Wildman–Crippen LogP) is 1.36. The minimum Gasteiger partial charge on any atom is -0.340 e. The largest absolute Gasteiger partial charge is 0.340 e. The molecular weight excluding hydrogens is 304 g/mol. The summed E-state index contributed by atoms with van der Waals surface area (Å²) in [5.74, 6) is 0.0686. The average molecular weight is 328 g/mol. The van der Waals surface area contributed by atoms with Gasteiger partial charge in [0.25, 0.3) is 0 Å². The van der Waals surface area contributed by atoms with Gasteiger partial charge in [-0.3, -0.25) is 9.59 Å². The molecule has 0 bridgehead atoms. The molecule has 2 N–H and O–H groups in total. The number of nitrogens with one attached hydrogen (secondary N) is 2. The highest BCUT2D eigenvalue weighted by molar-refractivity contribution is 5.96. The van der Waals surface area contributed by atoms with E-state index in [1.54, 1.807) is 0 Å². The lowest BCUT2D eigenvalue weighted by Gasteiger charge is -2.49. The highest BCUT2D eigenvalue weighted by Gasteiger charge is 2.51. The van der Waals surface area contributed by atoms with Crippen LogP contribution in [0.15, 0.2) is 30.3 Å². The SMILES string of the molecule is CN1C(=O)C2CC(C(=O)Nc3ccccc3)NN2C2CCCCC21. The molecule has 2 saturated heterocycles. The number of rotatable bonds is 2. The number of hydrogen-bond donors (Lipinski definition) is 2. The number of hydrogen-bond acceptors (Lipinski definition) is 4. The molecule has 1 aromatic rings. The number of hydrazine groups is 1. The first kappa shape index (κ1) is 15.6. The van der Waals surface area contributed by atoms with Crippen molar-refractivity contribution < 1.29 is 9.59 Å². The third-order valence-electron chi connectivity index (χ3n) is 5.64. The summed E-state index contributed by atoms with van der Waals surface area (Å²) in [7, 11) is 1.92. The van der Waals surface area contributed by atoms with E-state index in [1.807, 2.05) is 42.3 Å². The van der Waals surface area contributed by atoms with Gasteiger partial charge in [0.1, 0.15) is 12.1 Å². The molecule has 128 valence electrons. The zero-order chi connectivity index (χ0) is 16.7. The fourth-order valence-corrected chi connectivity index (χ4v) is 4.39. The Balaban J connectivity index is 1.49. The zero-order valence-corrected chi connectivity index (χ0v) is 13.9. The van der Waals surface area contributed by atoms with Crippen LogP contribution in [0.2, 0.25) is 0 Å². The van der Waals surface area contributed by atoms with Crippen LogP contribution in [0.1, 0.15) is 32.1 Å². The number of carbonyl (C=O) groups is 2. The van der Waals surface area contributed by atoms with Crippen LogP contribution in [0, 0.1) is 0 Å². The number of carbonyl (C=O) groups excluding carboxylic acids is 2. The Morgan fingerprint density at radius 3 is 2.62 bits per heavy atom. The summed E-state index contributed by atoms with van der Waals surface area (Å²) in [6.07, 6.45) is 5.03. The van der Waals surface area contributed by atoms with Crippen LogP contribution < -0.4 is 10.7 Å². The molecule has 0 spiro atoms. The van der Waals surface area contributed by atoms with E-state index in [9.17, 15) is 9.59 Å². The summed E-state index contributed by atoms with van der Waals surface area (Å²) in [5.41, 5.74) is 4.12. The maximum atomic E-state index is 12.7. The predicted molar refractivity (Wildman–Crippen MR) is 91.1 cm³/mol. The lowest BCUT2D eigenvalue weighted by atomic mass is 9.85. The molecule has 2 aliphatic heterocycles. The Kier molecular flexibility index (Phi) is 4.02. The molecule has 1 aliphatic carbocycles. The minimum atomic E-state index is -0.353. The van der Waals surface area contributed by atoms with E-state index in [-0.39, 0.29) is 29.9 Å². The number of para-hydroxylation sites is 1. The monoisotopic (exact) mass is 328 g/mol. The zero-order valence-electron chi connectivity index (χ0n) is 13.9. The molecule has 24 heavy (non-hydrogen) atoms. The molecule has 6 heteroatoms. The van der Waals surface area contributed by atoms with Crippen LogP contribution in [0.3, 0.4) is 0 Å². The van der Waals surface area contributed by atoms with Crippen molar-refractivity contribution in [1.29, 1.82) is 0 Å². The molecule has 0 radical (unpaired) electrons. The fraction of sp³-hybridized carbons (Fsp3) is 0.556. The van der Waals surface area contributed by atoms with Crippen molar-refractivity contribution in [2.24, 2.45) is 0 Å². The van der Waals surface area contributed by atoms with Gasteiger partial charge in [0.15, 0.2) is 0 Å². The number of fused-ring (bicyclic) bond motifs is 3. The van der Waals surface area contributed by atoms with Gasteiger partial charge in [-0.1, -0.05) is 31.0 Å². The van der Waals surface area contributed by atoms with Crippen LogP contribution in [0.5, 0.6) is 0 Å². The molecule has 6 nitrogen and oxygen atoms in total. The van der Waals surface area contributed by atoms with Gasteiger partial charge in [-0.05, 0) is 31.4 Å². The van der Waals surface area contributed by atoms with Gasteiger partial charge < -0.3 is 10.2 Å². The normalized spacial score (nSPS) is 33.0. The van der Waals surface area contributed by atoms with Gasteiger partial charge in [-0.15, -0.1) is 0 Å². The third kappa shape index (κ3) is 2.59. The summed E-state index contributed by atoms with van der Waals surface area (Å²) in [5, 5.41) is 5.02. The standard InChI is InChI=1S/C18H24N4O2/c1-21-14-9-5-6-10-15(14)22-16(18(21)24)11-13(20-22)17(23)19-12-7-3-2-4-8-12/h2-4,7-8,13-16,20H,5-6,9-11H2,1H3,(H,19,23). The fourth-order valence-electron chi connectivity index (χ4n) is 4.39. The quantitative estimate of drug-likeness (QED) is 0.860.